The molecule has 1 heterocycles. The van der Waals surface area contributed by atoms with E-state index in [9.17, 15) is 14.4 Å². The number of benzene rings is 2. The molecule has 142 valence electrons. The summed E-state index contributed by atoms with van der Waals surface area (Å²) in [5, 5.41) is 4.24. The largest absolute Gasteiger partial charge is 0.457 e. The van der Waals surface area contributed by atoms with Crippen molar-refractivity contribution in [3.05, 3.63) is 82.6 Å². The van der Waals surface area contributed by atoms with Crippen molar-refractivity contribution >= 4 is 29.1 Å². The molecule has 7 nitrogen and oxygen atoms in total. The first-order chi connectivity index (χ1) is 13.6. The molecule has 3 N–H and O–H groups in total. The molecule has 3 amide bonds. The molecule has 0 bridgehead atoms. The highest BCUT2D eigenvalue weighted by atomic mass is 32.1. The lowest BCUT2D eigenvalue weighted by Crippen LogP contribution is -2.46. The highest BCUT2D eigenvalue weighted by Gasteiger charge is 2.10. The molecule has 28 heavy (non-hydrogen) atoms. The van der Waals surface area contributed by atoms with Crippen molar-refractivity contribution in [2.75, 3.05) is 6.54 Å². The summed E-state index contributed by atoms with van der Waals surface area (Å²) in [5.74, 6) is -0.0743. The monoisotopic (exact) mass is 395 g/mol. The minimum Gasteiger partial charge on any atom is -0.457 e. The van der Waals surface area contributed by atoms with Gasteiger partial charge in [-0.05, 0) is 47.8 Å². The number of carbonyl (C=O) groups excluding carboxylic acids is 3. The van der Waals surface area contributed by atoms with Crippen LogP contribution in [-0.4, -0.2) is 24.3 Å². The van der Waals surface area contributed by atoms with Gasteiger partial charge in [-0.3, -0.25) is 25.2 Å². The van der Waals surface area contributed by atoms with E-state index in [4.69, 9.17) is 4.74 Å². The lowest BCUT2D eigenvalue weighted by atomic mass is 10.2. The maximum absolute atomic E-state index is 12.1. The fourth-order valence-corrected chi connectivity index (χ4v) is 2.82. The van der Waals surface area contributed by atoms with Gasteiger partial charge in [-0.25, -0.2) is 0 Å². The van der Waals surface area contributed by atoms with Crippen molar-refractivity contribution in [1.29, 1.82) is 0 Å². The van der Waals surface area contributed by atoms with Gasteiger partial charge in [-0.2, -0.15) is 0 Å². The van der Waals surface area contributed by atoms with Gasteiger partial charge < -0.3 is 10.1 Å². The van der Waals surface area contributed by atoms with Gasteiger partial charge in [0.2, 0.25) is 0 Å². The van der Waals surface area contributed by atoms with Crippen LogP contribution in [-0.2, 0) is 4.79 Å². The minimum absolute atomic E-state index is 0.272. The summed E-state index contributed by atoms with van der Waals surface area (Å²) >= 11 is 1.26. The Hall–Kier alpha value is -3.65. The van der Waals surface area contributed by atoms with Crippen LogP contribution in [0.15, 0.2) is 72.1 Å². The van der Waals surface area contributed by atoms with E-state index in [1.165, 1.54) is 11.3 Å². The minimum atomic E-state index is -0.540. The molecule has 1 aromatic heterocycles. The zero-order chi connectivity index (χ0) is 19.8. The van der Waals surface area contributed by atoms with Crippen LogP contribution >= 0.6 is 11.3 Å². The molecule has 0 unspecified atom stereocenters. The Balaban J connectivity index is 1.44. The van der Waals surface area contributed by atoms with Crippen LogP contribution in [0.4, 0.5) is 0 Å². The van der Waals surface area contributed by atoms with Crippen LogP contribution in [0, 0.1) is 0 Å². The number of ether oxygens (including phenoxy) is 1. The van der Waals surface area contributed by atoms with Crippen LogP contribution in [0.3, 0.4) is 0 Å². The third-order valence-electron chi connectivity index (χ3n) is 3.57. The summed E-state index contributed by atoms with van der Waals surface area (Å²) in [6.45, 7) is -0.272. The Morgan fingerprint density at radius 2 is 1.50 bits per heavy atom. The van der Waals surface area contributed by atoms with Crippen LogP contribution < -0.4 is 20.9 Å². The van der Waals surface area contributed by atoms with Gasteiger partial charge >= 0.3 is 0 Å². The SMILES string of the molecule is O=C(CNC(=O)c1ccc(Oc2ccccc2)cc1)NNC(=O)c1cccs1. The molecule has 2 aromatic carbocycles. The lowest BCUT2D eigenvalue weighted by Gasteiger charge is -2.09. The number of nitrogens with one attached hydrogen (secondary N) is 3. The van der Waals surface area contributed by atoms with E-state index in [1.54, 1.807) is 41.8 Å². The third kappa shape index (κ3) is 5.42. The first-order valence-corrected chi connectivity index (χ1v) is 9.23. The summed E-state index contributed by atoms with van der Waals surface area (Å²) in [4.78, 5) is 36.1. The standard InChI is InChI=1S/C20H17N3O4S/c24-18(22-23-20(26)17-7-4-12-28-17)13-21-19(25)14-8-10-16(11-9-14)27-15-5-2-1-3-6-15/h1-12H,13H2,(H,21,25)(H,22,24)(H,23,26). The average molecular weight is 395 g/mol. The second kappa shape index (κ2) is 9.33. The van der Waals surface area contributed by atoms with Crippen LogP contribution in [0.1, 0.15) is 20.0 Å². The molecule has 0 atom stereocenters. The van der Waals surface area contributed by atoms with E-state index in [0.717, 1.165) is 0 Å². The van der Waals surface area contributed by atoms with Crippen molar-refractivity contribution < 1.29 is 19.1 Å². The molecule has 0 fully saturated rings. The highest BCUT2D eigenvalue weighted by Crippen LogP contribution is 2.21. The van der Waals surface area contributed by atoms with Crippen molar-refractivity contribution in [3.63, 3.8) is 0 Å². The van der Waals surface area contributed by atoms with Gasteiger partial charge in [0.15, 0.2) is 0 Å². The number of hydrogen-bond donors (Lipinski definition) is 3. The molecule has 0 saturated heterocycles. The number of para-hydroxylation sites is 1. The van der Waals surface area contributed by atoms with Gasteiger partial charge in [0.05, 0.1) is 11.4 Å². The van der Waals surface area contributed by atoms with Gasteiger partial charge in [-0.1, -0.05) is 24.3 Å². The van der Waals surface area contributed by atoms with E-state index in [-0.39, 0.29) is 6.54 Å². The van der Waals surface area contributed by atoms with Gasteiger partial charge in [0, 0.05) is 5.56 Å². The van der Waals surface area contributed by atoms with E-state index in [1.807, 2.05) is 30.3 Å². The molecule has 0 aliphatic heterocycles. The van der Waals surface area contributed by atoms with E-state index < -0.39 is 17.7 Å². The molecule has 3 rings (SSSR count). The fraction of sp³-hybridized carbons (Fsp3) is 0.0500. The molecule has 0 aliphatic carbocycles. The molecule has 0 saturated carbocycles. The Labute approximate surface area is 165 Å². The lowest BCUT2D eigenvalue weighted by molar-refractivity contribution is -0.120. The van der Waals surface area contributed by atoms with E-state index in [2.05, 4.69) is 16.2 Å². The zero-order valence-corrected chi connectivity index (χ0v) is 15.5. The summed E-state index contributed by atoms with van der Waals surface area (Å²) in [6.07, 6.45) is 0. The summed E-state index contributed by atoms with van der Waals surface area (Å²) in [5.41, 5.74) is 4.92. The Bertz CT molecular complexity index is 941. The first-order valence-electron chi connectivity index (χ1n) is 8.35. The average Bonchev–Trinajstić information content (AvgIpc) is 3.26. The second-order valence-corrected chi connectivity index (χ2v) is 6.55. The van der Waals surface area contributed by atoms with Crippen LogP contribution in [0.25, 0.3) is 0 Å². The maximum Gasteiger partial charge on any atom is 0.279 e. The van der Waals surface area contributed by atoms with Gasteiger partial charge in [-0.15, -0.1) is 11.3 Å². The molecule has 0 spiro atoms. The maximum atomic E-state index is 12.1. The number of amides is 3. The summed E-state index contributed by atoms with van der Waals surface area (Å²) in [7, 11) is 0. The quantitative estimate of drug-likeness (QED) is 0.559. The molecule has 0 aliphatic rings. The van der Waals surface area contributed by atoms with Crippen molar-refractivity contribution in [3.8, 4) is 11.5 Å². The Morgan fingerprint density at radius 3 is 2.18 bits per heavy atom. The second-order valence-electron chi connectivity index (χ2n) is 5.60. The van der Waals surface area contributed by atoms with Crippen LogP contribution in [0.2, 0.25) is 0 Å². The van der Waals surface area contributed by atoms with E-state index in [0.29, 0.717) is 21.9 Å². The molecular formula is C20H17N3O4S. The third-order valence-corrected chi connectivity index (χ3v) is 4.43. The normalized spacial score (nSPS) is 10.0. The Kier molecular flexibility index (Phi) is 6.37. The molecule has 3 aromatic rings. The Morgan fingerprint density at radius 1 is 0.786 bits per heavy atom. The smallest absolute Gasteiger partial charge is 0.279 e. The molecule has 8 heteroatoms. The number of rotatable bonds is 6. The number of carbonyl (C=O) groups is 3. The predicted octanol–water partition coefficient (Wildman–Crippen LogP) is 2.73. The molecule has 0 radical (unpaired) electrons. The van der Waals surface area contributed by atoms with Crippen molar-refractivity contribution in [2.24, 2.45) is 0 Å². The van der Waals surface area contributed by atoms with Gasteiger partial charge in [0.1, 0.15) is 11.5 Å². The van der Waals surface area contributed by atoms with Crippen molar-refractivity contribution in [1.82, 2.24) is 16.2 Å². The number of hydrogen-bond acceptors (Lipinski definition) is 5. The summed E-state index contributed by atoms with van der Waals surface area (Å²) < 4.78 is 5.66. The highest BCUT2D eigenvalue weighted by molar-refractivity contribution is 7.12. The predicted molar refractivity (Wildman–Crippen MR) is 105 cm³/mol. The van der Waals surface area contributed by atoms with Crippen LogP contribution in [0.5, 0.6) is 11.5 Å². The van der Waals surface area contributed by atoms with E-state index >= 15 is 0 Å². The number of thiophene rings is 1. The van der Waals surface area contributed by atoms with Crippen molar-refractivity contribution in [2.45, 2.75) is 0 Å². The fourth-order valence-electron chi connectivity index (χ4n) is 2.20. The number of hydrazine groups is 1. The van der Waals surface area contributed by atoms with Gasteiger partial charge in [0.25, 0.3) is 17.7 Å². The molecular weight excluding hydrogens is 378 g/mol. The zero-order valence-electron chi connectivity index (χ0n) is 14.7. The summed E-state index contributed by atoms with van der Waals surface area (Å²) in [6, 6.07) is 19.2. The topological polar surface area (TPSA) is 96.5 Å². The first kappa shape index (κ1) is 19.1.